The Balaban J connectivity index is 1.98. The van der Waals surface area contributed by atoms with Crippen LogP contribution < -0.4 is 14.4 Å². The monoisotopic (exact) mass is 429 g/mol. The third-order valence-corrected chi connectivity index (χ3v) is 5.50. The molecule has 0 bridgehead atoms. The highest BCUT2D eigenvalue weighted by atomic mass is 16.5. The number of carbonyl (C=O) groups excluding carboxylic acids is 2. The number of ether oxygens (including phenoxy) is 2. The molecule has 1 atom stereocenters. The van der Waals surface area contributed by atoms with E-state index < -0.39 is 17.7 Å². The van der Waals surface area contributed by atoms with E-state index in [1.807, 2.05) is 31.2 Å². The van der Waals surface area contributed by atoms with Crippen molar-refractivity contribution in [2.75, 3.05) is 19.1 Å². The maximum absolute atomic E-state index is 13.2. The summed E-state index contributed by atoms with van der Waals surface area (Å²) in [4.78, 5) is 27.9. The minimum atomic E-state index is -0.813. The van der Waals surface area contributed by atoms with Gasteiger partial charge in [0.05, 0.1) is 31.4 Å². The lowest BCUT2D eigenvalue weighted by Crippen LogP contribution is -2.29. The molecule has 162 valence electrons. The number of methoxy groups -OCH3 is 2. The molecular formula is C26H23NO5. The van der Waals surface area contributed by atoms with Gasteiger partial charge in [0.1, 0.15) is 17.3 Å². The molecule has 1 N–H and O–H groups in total. The fraction of sp³-hybridized carbons (Fsp3) is 0.154. The summed E-state index contributed by atoms with van der Waals surface area (Å²) in [5.41, 5.74) is 2.53. The van der Waals surface area contributed by atoms with Gasteiger partial charge in [-0.05, 0) is 36.8 Å². The molecule has 3 aromatic carbocycles. The third-order valence-electron chi connectivity index (χ3n) is 5.50. The number of para-hydroxylation sites is 1. The van der Waals surface area contributed by atoms with Crippen LogP contribution in [0.5, 0.6) is 11.5 Å². The minimum absolute atomic E-state index is 0.00733. The zero-order chi connectivity index (χ0) is 22.8. The molecule has 1 aliphatic heterocycles. The molecule has 6 heteroatoms. The number of anilines is 1. The first-order valence-corrected chi connectivity index (χ1v) is 10.1. The normalized spacial score (nSPS) is 17.5. The smallest absolute Gasteiger partial charge is 0.300 e. The summed E-state index contributed by atoms with van der Waals surface area (Å²) in [7, 11) is 3.02. The maximum Gasteiger partial charge on any atom is 0.300 e. The number of hydrogen-bond donors (Lipinski definition) is 1. The maximum atomic E-state index is 13.2. The first-order chi connectivity index (χ1) is 15.5. The highest BCUT2D eigenvalue weighted by Gasteiger charge is 2.47. The van der Waals surface area contributed by atoms with E-state index in [1.54, 1.807) is 48.5 Å². The van der Waals surface area contributed by atoms with Crippen LogP contribution in [0.2, 0.25) is 0 Å². The summed E-state index contributed by atoms with van der Waals surface area (Å²) in [5, 5.41) is 11.3. The molecule has 32 heavy (non-hydrogen) atoms. The van der Waals surface area contributed by atoms with Gasteiger partial charge in [0.15, 0.2) is 0 Å². The van der Waals surface area contributed by atoms with Gasteiger partial charge >= 0.3 is 0 Å². The van der Waals surface area contributed by atoms with Gasteiger partial charge in [-0.25, -0.2) is 0 Å². The van der Waals surface area contributed by atoms with Crippen molar-refractivity contribution in [3.8, 4) is 11.5 Å². The topological polar surface area (TPSA) is 76.1 Å². The minimum Gasteiger partial charge on any atom is -0.507 e. The number of nitrogens with zero attached hydrogens (tertiary/aromatic N) is 1. The van der Waals surface area contributed by atoms with Gasteiger partial charge in [-0.1, -0.05) is 48.0 Å². The summed E-state index contributed by atoms with van der Waals surface area (Å²) in [5.74, 6) is -0.806. The predicted octanol–water partition coefficient (Wildman–Crippen LogP) is 4.64. The second-order valence-electron chi connectivity index (χ2n) is 7.48. The number of aliphatic hydroxyl groups excluding tert-OH is 1. The van der Waals surface area contributed by atoms with E-state index in [0.717, 1.165) is 5.56 Å². The van der Waals surface area contributed by atoms with E-state index in [2.05, 4.69) is 0 Å². The van der Waals surface area contributed by atoms with Crippen LogP contribution in [0.15, 0.2) is 78.4 Å². The lowest BCUT2D eigenvalue weighted by Gasteiger charge is -2.26. The summed E-state index contributed by atoms with van der Waals surface area (Å²) < 4.78 is 10.7. The van der Waals surface area contributed by atoms with Crippen LogP contribution >= 0.6 is 0 Å². The molecule has 4 rings (SSSR count). The van der Waals surface area contributed by atoms with E-state index in [9.17, 15) is 14.7 Å². The Morgan fingerprint density at radius 2 is 1.66 bits per heavy atom. The fourth-order valence-corrected chi connectivity index (χ4v) is 4.00. The number of amides is 1. The number of Topliss-reactive ketones (excluding diaryl/α,β-unsaturated/α-hetero) is 1. The van der Waals surface area contributed by atoms with Crippen molar-refractivity contribution < 1.29 is 24.2 Å². The van der Waals surface area contributed by atoms with Crippen LogP contribution in [0.4, 0.5) is 5.69 Å². The lowest BCUT2D eigenvalue weighted by molar-refractivity contribution is -0.132. The Morgan fingerprint density at radius 3 is 2.38 bits per heavy atom. The zero-order valence-electron chi connectivity index (χ0n) is 18.0. The van der Waals surface area contributed by atoms with Gasteiger partial charge in [-0.3, -0.25) is 14.5 Å². The van der Waals surface area contributed by atoms with Gasteiger partial charge in [-0.2, -0.15) is 0 Å². The number of rotatable bonds is 5. The molecule has 1 heterocycles. The Bertz CT molecular complexity index is 1230. The van der Waals surface area contributed by atoms with Crippen LogP contribution in [0.25, 0.3) is 5.76 Å². The Kier molecular flexibility index (Phi) is 5.69. The first-order valence-electron chi connectivity index (χ1n) is 10.1. The number of hydrogen-bond acceptors (Lipinski definition) is 5. The van der Waals surface area contributed by atoms with Crippen LogP contribution in [0.3, 0.4) is 0 Å². The molecule has 1 unspecified atom stereocenters. The molecule has 0 saturated carbocycles. The molecule has 0 aromatic heterocycles. The summed E-state index contributed by atoms with van der Waals surface area (Å²) in [6, 6.07) is 20.5. The van der Waals surface area contributed by atoms with Crippen molar-refractivity contribution in [1.29, 1.82) is 0 Å². The largest absolute Gasteiger partial charge is 0.507 e. The van der Waals surface area contributed by atoms with E-state index in [4.69, 9.17) is 9.47 Å². The highest BCUT2D eigenvalue weighted by Crippen LogP contribution is 2.43. The number of aliphatic hydroxyl groups is 1. The van der Waals surface area contributed by atoms with Crippen LogP contribution in [0.1, 0.15) is 22.7 Å². The highest BCUT2D eigenvalue weighted by molar-refractivity contribution is 6.51. The summed E-state index contributed by atoms with van der Waals surface area (Å²) in [6.45, 7) is 1.93. The zero-order valence-corrected chi connectivity index (χ0v) is 18.0. The molecule has 1 fully saturated rings. The molecule has 0 radical (unpaired) electrons. The molecular weight excluding hydrogens is 406 g/mol. The number of ketones is 1. The van der Waals surface area contributed by atoms with Gasteiger partial charge in [0, 0.05) is 11.8 Å². The Hall–Kier alpha value is -4.06. The predicted molar refractivity (Wildman–Crippen MR) is 122 cm³/mol. The van der Waals surface area contributed by atoms with Crippen LogP contribution in [0, 0.1) is 6.92 Å². The van der Waals surface area contributed by atoms with Gasteiger partial charge in [0.2, 0.25) is 0 Å². The first kappa shape index (κ1) is 21.2. The second kappa shape index (κ2) is 8.59. The lowest BCUT2D eigenvalue weighted by atomic mass is 9.94. The van der Waals surface area contributed by atoms with Gasteiger partial charge < -0.3 is 14.6 Å². The van der Waals surface area contributed by atoms with Gasteiger partial charge in [0.25, 0.3) is 11.7 Å². The van der Waals surface area contributed by atoms with E-state index in [-0.39, 0.29) is 11.3 Å². The van der Waals surface area contributed by atoms with E-state index in [0.29, 0.717) is 28.3 Å². The average molecular weight is 429 g/mol. The third kappa shape index (κ3) is 3.60. The second-order valence-corrected chi connectivity index (χ2v) is 7.48. The number of carbonyl (C=O) groups is 2. The Labute approximate surface area is 186 Å². The van der Waals surface area contributed by atoms with Crippen molar-refractivity contribution in [3.05, 3.63) is 95.1 Å². The van der Waals surface area contributed by atoms with Crippen LogP contribution in [-0.4, -0.2) is 31.0 Å². The van der Waals surface area contributed by atoms with Crippen molar-refractivity contribution in [3.63, 3.8) is 0 Å². The number of benzene rings is 3. The fourth-order valence-electron chi connectivity index (χ4n) is 4.00. The van der Waals surface area contributed by atoms with Gasteiger partial charge in [-0.15, -0.1) is 0 Å². The SMILES string of the molecule is COc1cccc(N2C(=O)C(=O)/C(=C(/O)c3ccccc3OC)C2c2cccc(C)c2)c1. The number of aryl methyl sites for hydroxylation is 1. The van der Waals surface area contributed by atoms with Crippen molar-refractivity contribution >= 4 is 23.1 Å². The molecule has 0 aliphatic carbocycles. The van der Waals surface area contributed by atoms with E-state index in [1.165, 1.54) is 19.1 Å². The molecule has 0 spiro atoms. The van der Waals surface area contributed by atoms with Crippen molar-refractivity contribution in [2.24, 2.45) is 0 Å². The van der Waals surface area contributed by atoms with Crippen molar-refractivity contribution in [2.45, 2.75) is 13.0 Å². The quantitative estimate of drug-likeness (QED) is 0.363. The van der Waals surface area contributed by atoms with E-state index >= 15 is 0 Å². The van der Waals surface area contributed by atoms with Crippen LogP contribution in [-0.2, 0) is 9.59 Å². The average Bonchev–Trinajstić information content (AvgIpc) is 3.09. The molecule has 1 amide bonds. The summed E-state index contributed by atoms with van der Waals surface area (Å²) in [6.07, 6.45) is 0. The molecule has 3 aromatic rings. The summed E-state index contributed by atoms with van der Waals surface area (Å²) >= 11 is 0. The molecule has 1 aliphatic rings. The Morgan fingerprint density at radius 1 is 0.906 bits per heavy atom. The molecule has 1 saturated heterocycles. The molecule has 6 nitrogen and oxygen atoms in total. The van der Waals surface area contributed by atoms with Crippen molar-refractivity contribution in [1.82, 2.24) is 0 Å². The standard InChI is InChI=1S/C26H23NO5/c1-16-8-6-9-17(14-16)23-22(24(28)20-12-4-5-13-21(20)32-3)25(29)26(30)27(23)18-10-7-11-19(15-18)31-2/h4-15,23,28H,1-3H3/b24-22+.